The third kappa shape index (κ3) is 5.22. The van der Waals surface area contributed by atoms with Crippen molar-refractivity contribution in [1.82, 2.24) is 0 Å². The van der Waals surface area contributed by atoms with Gasteiger partial charge in [-0.15, -0.1) is 11.8 Å². The summed E-state index contributed by atoms with van der Waals surface area (Å²) < 4.78 is 55.0. The zero-order valence-corrected chi connectivity index (χ0v) is 19.4. The average molecular weight is 503 g/mol. The van der Waals surface area contributed by atoms with E-state index in [0.29, 0.717) is 0 Å². The molecule has 11 heteroatoms. The minimum Gasteiger partial charge on any atom is -0.280 e. The largest absolute Gasteiger partial charge is 0.280 e. The standard InChI is InChI=1S/C19H16Cl2N2O4S3/c1-28-14-7-11-16(12-8-14)29(24,25)22-13-5-9-15(10-6-13)30(26,27)23-18-4-2-3-17(20)19(18)21/h2-12,22-23H,1H3. The summed E-state index contributed by atoms with van der Waals surface area (Å²) >= 11 is 13.4. The minimum atomic E-state index is -3.95. The lowest BCUT2D eigenvalue weighted by molar-refractivity contribution is 0.600. The van der Waals surface area contributed by atoms with E-state index in [1.807, 2.05) is 6.26 Å². The van der Waals surface area contributed by atoms with Gasteiger partial charge in [0.2, 0.25) is 0 Å². The highest BCUT2D eigenvalue weighted by Gasteiger charge is 2.18. The Labute approximate surface area is 189 Å². The van der Waals surface area contributed by atoms with Crippen LogP contribution in [-0.4, -0.2) is 23.1 Å². The number of halogens is 2. The number of anilines is 2. The van der Waals surface area contributed by atoms with Crippen LogP contribution < -0.4 is 9.44 Å². The SMILES string of the molecule is CSc1ccc(S(=O)(=O)Nc2ccc(S(=O)(=O)Nc3cccc(Cl)c3Cl)cc2)cc1. The molecule has 0 unspecified atom stereocenters. The molecule has 0 aromatic heterocycles. The fourth-order valence-electron chi connectivity index (χ4n) is 2.46. The molecule has 3 aromatic rings. The molecule has 0 radical (unpaired) electrons. The molecule has 0 aliphatic rings. The van der Waals surface area contributed by atoms with Gasteiger partial charge < -0.3 is 0 Å². The lowest BCUT2D eigenvalue weighted by Crippen LogP contribution is -2.15. The molecule has 0 saturated carbocycles. The quantitative estimate of drug-likeness (QED) is 0.426. The molecule has 0 fully saturated rings. The molecular formula is C19H16Cl2N2O4S3. The van der Waals surface area contributed by atoms with E-state index < -0.39 is 20.0 Å². The van der Waals surface area contributed by atoms with Crippen LogP contribution in [0, 0.1) is 0 Å². The van der Waals surface area contributed by atoms with E-state index in [0.717, 1.165) is 4.90 Å². The van der Waals surface area contributed by atoms with Crippen molar-refractivity contribution in [3.63, 3.8) is 0 Å². The molecule has 0 atom stereocenters. The maximum atomic E-state index is 12.6. The van der Waals surface area contributed by atoms with E-state index in [-0.39, 0.29) is 31.2 Å². The second-order valence-corrected chi connectivity index (χ2v) is 11.0. The topological polar surface area (TPSA) is 92.3 Å². The van der Waals surface area contributed by atoms with Crippen LogP contribution in [0.5, 0.6) is 0 Å². The highest BCUT2D eigenvalue weighted by molar-refractivity contribution is 7.98. The Balaban J connectivity index is 1.79. The first kappa shape index (κ1) is 22.8. The van der Waals surface area contributed by atoms with Gasteiger partial charge in [-0.1, -0.05) is 29.3 Å². The van der Waals surface area contributed by atoms with Crippen molar-refractivity contribution in [2.45, 2.75) is 14.7 Å². The van der Waals surface area contributed by atoms with Gasteiger partial charge in [-0.3, -0.25) is 9.44 Å². The molecule has 0 saturated heterocycles. The summed E-state index contributed by atoms with van der Waals surface area (Å²) in [6, 6.07) is 16.3. The molecule has 0 bridgehead atoms. The molecule has 0 aliphatic heterocycles. The molecule has 6 nitrogen and oxygen atoms in total. The molecular weight excluding hydrogens is 487 g/mol. The Morgan fingerprint density at radius 2 is 1.27 bits per heavy atom. The molecule has 0 heterocycles. The molecule has 30 heavy (non-hydrogen) atoms. The van der Waals surface area contributed by atoms with E-state index in [1.54, 1.807) is 18.2 Å². The second kappa shape index (κ2) is 9.07. The fourth-order valence-corrected chi connectivity index (χ4v) is 5.40. The van der Waals surface area contributed by atoms with Crippen LogP contribution in [0.1, 0.15) is 0 Å². The smallest absolute Gasteiger partial charge is 0.261 e. The summed E-state index contributed by atoms with van der Waals surface area (Å²) in [6.45, 7) is 0. The maximum absolute atomic E-state index is 12.6. The van der Waals surface area contributed by atoms with Gasteiger partial charge in [0, 0.05) is 10.6 Å². The molecule has 2 N–H and O–H groups in total. The predicted molar refractivity (Wildman–Crippen MR) is 123 cm³/mol. The predicted octanol–water partition coefficient (Wildman–Crippen LogP) is 5.32. The Bertz CT molecular complexity index is 1260. The lowest BCUT2D eigenvalue weighted by Gasteiger charge is -2.12. The van der Waals surface area contributed by atoms with Gasteiger partial charge in [0.1, 0.15) is 0 Å². The third-order valence-electron chi connectivity index (χ3n) is 3.98. The number of nitrogens with one attached hydrogen (secondary N) is 2. The van der Waals surface area contributed by atoms with Crippen LogP contribution in [0.25, 0.3) is 0 Å². The van der Waals surface area contributed by atoms with Crippen LogP contribution >= 0.6 is 35.0 Å². The Morgan fingerprint density at radius 3 is 1.83 bits per heavy atom. The third-order valence-corrected chi connectivity index (χ3v) is 8.32. The van der Waals surface area contributed by atoms with Crippen LogP contribution in [0.3, 0.4) is 0 Å². The summed E-state index contributed by atoms with van der Waals surface area (Å²) in [5.41, 5.74) is 0.367. The van der Waals surface area contributed by atoms with Gasteiger partial charge in [0.05, 0.1) is 25.5 Å². The fraction of sp³-hybridized carbons (Fsp3) is 0.0526. The van der Waals surface area contributed by atoms with Crippen LogP contribution in [0.4, 0.5) is 11.4 Å². The Kier molecular flexibility index (Phi) is 6.88. The molecule has 0 aliphatic carbocycles. The van der Waals surface area contributed by atoms with Crippen molar-refractivity contribution in [2.24, 2.45) is 0 Å². The summed E-state index contributed by atoms with van der Waals surface area (Å²) in [5, 5.41) is 0.298. The van der Waals surface area contributed by atoms with Gasteiger partial charge in [-0.05, 0) is 66.9 Å². The van der Waals surface area contributed by atoms with E-state index in [2.05, 4.69) is 9.44 Å². The molecule has 3 rings (SSSR count). The summed E-state index contributed by atoms with van der Waals surface area (Å²) in [4.78, 5) is 0.982. The van der Waals surface area contributed by atoms with Crippen molar-refractivity contribution in [2.75, 3.05) is 15.7 Å². The molecule has 158 valence electrons. The second-order valence-electron chi connectivity index (χ2n) is 6.01. The van der Waals surface area contributed by atoms with Crippen molar-refractivity contribution < 1.29 is 16.8 Å². The molecule has 3 aromatic carbocycles. The number of hydrogen-bond acceptors (Lipinski definition) is 5. The zero-order chi connectivity index (χ0) is 21.9. The zero-order valence-electron chi connectivity index (χ0n) is 15.5. The molecule has 0 amide bonds. The summed E-state index contributed by atoms with van der Waals surface area (Å²) in [6.07, 6.45) is 1.90. The van der Waals surface area contributed by atoms with E-state index in [4.69, 9.17) is 23.2 Å². The first-order chi connectivity index (χ1) is 14.1. The van der Waals surface area contributed by atoms with Crippen molar-refractivity contribution in [1.29, 1.82) is 0 Å². The highest BCUT2D eigenvalue weighted by atomic mass is 35.5. The van der Waals surface area contributed by atoms with Crippen molar-refractivity contribution in [3.05, 3.63) is 76.8 Å². The number of thioether (sulfide) groups is 1. The van der Waals surface area contributed by atoms with Gasteiger partial charge in [-0.25, -0.2) is 16.8 Å². The summed E-state index contributed by atoms with van der Waals surface area (Å²) in [7, 11) is -7.75. The van der Waals surface area contributed by atoms with Crippen LogP contribution in [0.15, 0.2) is 81.4 Å². The number of benzene rings is 3. The highest BCUT2D eigenvalue weighted by Crippen LogP contribution is 2.31. The number of rotatable bonds is 7. The maximum Gasteiger partial charge on any atom is 0.261 e. The summed E-state index contributed by atoms with van der Waals surface area (Å²) in [5.74, 6) is 0. The average Bonchev–Trinajstić information content (AvgIpc) is 2.71. The minimum absolute atomic E-state index is 0.0641. The first-order valence-electron chi connectivity index (χ1n) is 8.36. The van der Waals surface area contributed by atoms with Crippen LogP contribution in [-0.2, 0) is 20.0 Å². The normalized spacial score (nSPS) is 11.8. The Morgan fingerprint density at radius 1 is 0.733 bits per heavy atom. The van der Waals surface area contributed by atoms with Crippen LogP contribution in [0.2, 0.25) is 10.0 Å². The lowest BCUT2D eigenvalue weighted by atomic mass is 10.3. The number of sulfonamides is 2. The first-order valence-corrected chi connectivity index (χ1v) is 13.3. The van der Waals surface area contributed by atoms with E-state index >= 15 is 0 Å². The molecule has 0 spiro atoms. The van der Waals surface area contributed by atoms with Crippen molar-refractivity contribution >= 4 is 66.4 Å². The van der Waals surface area contributed by atoms with Gasteiger partial charge >= 0.3 is 0 Å². The monoisotopic (exact) mass is 502 g/mol. The van der Waals surface area contributed by atoms with Gasteiger partial charge in [0.25, 0.3) is 20.0 Å². The van der Waals surface area contributed by atoms with Gasteiger partial charge in [0.15, 0.2) is 0 Å². The van der Waals surface area contributed by atoms with Gasteiger partial charge in [-0.2, -0.15) is 0 Å². The van der Waals surface area contributed by atoms with Crippen molar-refractivity contribution in [3.8, 4) is 0 Å². The van der Waals surface area contributed by atoms with E-state index in [9.17, 15) is 16.8 Å². The van der Waals surface area contributed by atoms with E-state index in [1.165, 1.54) is 60.3 Å². The Hall–Kier alpha value is -1.91. The number of hydrogen-bond donors (Lipinski definition) is 2.